The molecule has 6 heteroatoms. The highest BCUT2D eigenvalue weighted by Crippen LogP contribution is 2.58. The Morgan fingerprint density at radius 2 is 0.736 bits per heavy atom. The van der Waals surface area contributed by atoms with Gasteiger partial charge in [0.15, 0.2) is 23.0 Å². The van der Waals surface area contributed by atoms with E-state index >= 15 is 0 Å². The molecular formula is C47H38O4P2. The van der Waals surface area contributed by atoms with Gasteiger partial charge < -0.3 is 18.9 Å². The van der Waals surface area contributed by atoms with E-state index in [2.05, 4.69) is 158 Å². The van der Waals surface area contributed by atoms with E-state index in [9.17, 15) is 0 Å². The summed E-state index contributed by atoms with van der Waals surface area (Å²) in [5.74, 6) is 5.23. The monoisotopic (exact) mass is 728 g/mol. The highest BCUT2D eigenvalue weighted by Gasteiger charge is 2.49. The number of allylic oxidation sites excluding steroid dienone is 2. The molecule has 6 bridgehead atoms. The molecule has 11 rings (SSSR count). The lowest BCUT2D eigenvalue weighted by atomic mass is 9.79. The molecule has 6 aromatic rings. The fraction of sp³-hybridized carbons (Fsp3) is 0.191. The topological polar surface area (TPSA) is 36.9 Å². The molecule has 6 atom stereocenters. The van der Waals surface area contributed by atoms with Crippen molar-refractivity contribution in [3.8, 4) is 34.1 Å². The summed E-state index contributed by atoms with van der Waals surface area (Å²) in [6, 6.07) is 52.7. The molecule has 260 valence electrons. The van der Waals surface area contributed by atoms with E-state index in [1.165, 1.54) is 38.2 Å². The van der Waals surface area contributed by atoms with Gasteiger partial charge in [0.25, 0.3) is 0 Å². The lowest BCUT2D eigenvalue weighted by molar-refractivity contribution is -0.00992. The van der Waals surface area contributed by atoms with Crippen LogP contribution in [-0.2, 0) is 0 Å². The zero-order valence-corrected chi connectivity index (χ0v) is 30.9. The van der Waals surface area contributed by atoms with Crippen LogP contribution in [0.4, 0.5) is 0 Å². The van der Waals surface area contributed by atoms with Crippen LogP contribution >= 0.6 is 15.8 Å². The van der Waals surface area contributed by atoms with Crippen molar-refractivity contribution in [2.75, 3.05) is 0 Å². The quantitative estimate of drug-likeness (QED) is 0.128. The average Bonchev–Trinajstić information content (AvgIpc) is 4.01. The second kappa shape index (κ2) is 12.9. The normalized spacial score (nSPS) is 24.1. The third-order valence-electron chi connectivity index (χ3n) is 11.7. The maximum Gasteiger partial charge on any atom is 0.241 e. The van der Waals surface area contributed by atoms with Gasteiger partial charge in [-0.2, -0.15) is 0 Å². The van der Waals surface area contributed by atoms with Crippen LogP contribution < -0.4 is 50.8 Å². The molecule has 1 fully saturated rings. The number of fused-ring (bicyclic) bond motifs is 8. The van der Waals surface area contributed by atoms with Crippen LogP contribution in [0.15, 0.2) is 158 Å². The number of hydrogen-bond acceptors (Lipinski definition) is 4. The molecular weight excluding hydrogens is 690 g/mol. The molecule has 3 heterocycles. The van der Waals surface area contributed by atoms with Crippen molar-refractivity contribution in [1.29, 1.82) is 0 Å². The number of ether oxygens (including phenoxy) is 4. The van der Waals surface area contributed by atoms with Gasteiger partial charge in [-0.25, -0.2) is 0 Å². The van der Waals surface area contributed by atoms with Gasteiger partial charge in [-0.1, -0.05) is 133 Å². The molecule has 53 heavy (non-hydrogen) atoms. The van der Waals surface area contributed by atoms with Crippen LogP contribution in [0.25, 0.3) is 11.1 Å². The van der Waals surface area contributed by atoms with Crippen molar-refractivity contribution in [2.45, 2.75) is 31.8 Å². The summed E-state index contributed by atoms with van der Waals surface area (Å²) in [7, 11) is -2.02. The molecule has 0 amide bonds. The van der Waals surface area contributed by atoms with E-state index in [1.54, 1.807) is 0 Å². The summed E-state index contributed by atoms with van der Waals surface area (Å²) in [6.07, 6.45) is 7.05. The first-order valence-corrected chi connectivity index (χ1v) is 21.4. The van der Waals surface area contributed by atoms with Gasteiger partial charge in [-0.05, 0) is 102 Å². The van der Waals surface area contributed by atoms with E-state index in [0.29, 0.717) is 23.7 Å². The SMILES string of the molecule is C1=CC2CC1C1CC3Oc4ccc(P(c5ccccc5)c5ccccc5)c(c4O3)-c3c(P(c4ccccc4)c4ccccc4)ccc4c3OC(CC21)O4. The van der Waals surface area contributed by atoms with Gasteiger partial charge >= 0.3 is 0 Å². The Hall–Kier alpha value is -4.88. The molecule has 0 saturated heterocycles. The fourth-order valence-corrected chi connectivity index (χ4v) is 14.4. The minimum Gasteiger partial charge on any atom is -0.451 e. The molecule has 0 spiro atoms. The van der Waals surface area contributed by atoms with E-state index in [0.717, 1.165) is 47.0 Å². The second-order valence-corrected chi connectivity index (χ2v) is 19.0. The number of hydrogen-bond donors (Lipinski definition) is 0. The molecule has 0 N–H and O–H groups in total. The van der Waals surface area contributed by atoms with Gasteiger partial charge in [0.2, 0.25) is 12.6 Å². The Morgan fingerprint density at radius 1 is 0.377 bits per heavy atom. The van der Waals surface area contributed by atoms with Crippen LogP contribution in [0.2, 0.25) is 0 Å². The minimum absolute atomic E-state index is 0.348. The van der Waals surface area contributed by atoms with Crippen LogP contribution in [-0.4, -0.2) is 12.6 Å². The Bertz CT molecular complexity index is 2090. The van der Waals surface area contributed by atoms with Crippen LogP contribution in [0, 0.1) is 23.7 Å². The zero-order chi connectivity index (χ0) is 34.9. The summed E-state index contributed by atoms with van der Waals surface area (Å²) >= 11 is 0. The van der Waals surface area contributed by atoms with Crippen molar-refractivity contribution < 1.29 is 18.9 Å². The third-order valence-corrected chi connectivity index (χ3v) is 16.7. The molecule has 3 aliphatic heterocycles. The lowest BCUT2D eigenvalue weighted by Crippen LogP contribution is -2.33. The smallest absolute Gasteiger partial charge is 0.241 e. The molecule has 6 aromatic carbocycles. The molecule has 0 aromatic heterocycles. The van der Waals surface area contributed by atoms with Gasteiger partial charge in [0, 0.05) is 24.0 Å². The lowest BCUT2D eigenvalue weighted by Gasteiger charge is -2.31. The Balaban J connectivity index is 1.21. The average molecular weight is 729 g/mol. The van der Waals surface area contributed by atoms with Gasteiger partial charge in [-0.15, -0.1) is 0 Å². The maximum absolute atomic E-state index is 7.17. The summed E-state index contributed by atoms with van der Waals surface area (Å²) < 4.78 is 28.0. The summed E-state index contributed by atoms with van der Waals surface area (Å²) in [6.45, 7) is 0. The summed E-state index contributed by atoms with van der Waals surface area (Å²) in [5.41, 5.74) is 2.12. The molecule has 6 unspecified atom stereocenters. The molecule has 2 aliphatic carbocycles. The standard InChI is InChI=1S/C47H38O4P2/c1-5-13-32(14-6-1)52(33-15-7-2-8-16-33)40-25-23-38-46-44(40)45-41(53(34-17-9-3-10-18-34)35-19-11-4-12-20-35)26-24-39-47(45)51-43(49-39)29-37-31-22-21-30(27-31)36(37)28-42(48-38)50-46/h1-26,30-31,36-37,42-43H,27-29H2. The van der Waals surface area contributed by atoms with E-state index in [-0.39, 0.29) is 12.6 Å². The first-order chi connectivity index (χ1) is 26.3. The van der Waals surface area contributed by atoms with Gasteiger partial charge in [-0.3, -0.25) is 0 Å². The summed E-state index contributed by atoms with van der Waals surface area (Å²) in [4.78, 5) is 0. The predicted molar refractivity (Wildman–Crippen MR) is 216 cm³/mol. The first kappa shape index (κ1) is 31.6. The highest BCUT2D eigenvalue weighted by atomic mass is 31.1. The fourth-order valence-electron chi connectivity index (χ4n) is 9.50. The van der Waals surface area contributed by atoms with Crippen molar-refractivity contribution in [3.05, 3.63) is 158 Å². The Labute approximate surface area is 312 Å². The van der Waals surface area contributed by atoms with Crippen molar-refractivity contribution in [2.24, 2.45) is 23.7 Å². The molecule has 4 nitrogen and oxygen atoms in total. The van der Waals surface area contributed by atoms with Crippen LogP contribution in [0.3, 0.4) is 0 Å². The van der Waals surface area contributed by atoms with Crippen molar-refractivity contribution >= 4 is 47.7 Å². The van der Waals surface area contributed by atoms with E-state index in [1.807, 2.05) is 0 Å². The maximum atomic E-state index is 7.17. The summed E-state index contributed by atoms with van der Waals surface area (Å²) in [5, 5.41) is 7.55. The zero-order valence-electron chi connectivity index (χ0n) is 29.1. The number of benzene rings is 6. The number of rotatable bonds is 6. The molecule has 0 radical (unpaired) electrons. The third kappa shape index (κ3) is 5.33. The predicted octanol–water partition coefficient (Wildman–Crippen LogP) is 8.30. The van der Waals surface area contributed by atoms with E-state index in [4.69, 9.17) is 18.9 Å². The Kier molecular flexibility index (Phi) is 7.70. The van der Waals surface area contributed by atoms with Crippen molar-refractivity contribution in [1.82, 2.24) is 0 Å². The first-order valence-electron chi connectivity index (χ1n) is 18.8. The highest BCUT2D eigenvalue weighted by molar-refractivity contribution is 7.80. The Morgan fingerprint density at radius 3 is 1.09 bits per heavy atom. The second-order valence-electron chi connectivity index (χ2n) is 14.7. The molecule has 1 saturated carbocycles. The van der Waals surface area contributed by atoms with Crippen LogP contribution in [0.5, 0.6) is 23.0 Å². The van der Waals surface area contributed by atoms with E-state index < -0.39 is 15.8 Å². The van der Waals surface area contributed by atoms with Crippen molar-refractivity contribution in [3.63, 3.8) is 0 Å². The largest absolute Gasteiger partial charge is 0.451 e. The van der Waals surface area contributed by atoms with Gasteiger partial charge in [0.1, 0.15) is 0 Å². The minimum atomic E-state index is -1.01. The molecule has 5 aliphatic rings. The van der Waals surface area contributed by atoms with Crippen LogP contribution in [0.1, 0.15) is 19.3 Å². The van der Waals surface area contributed by atoms with Gasteiger partial charge in [0.05, 0.1) is 0 Å².